The standard InChI is InChI=1S/C12H15BrFNO/c1-8(13)7-15-9(2)12-10(14)5-4-6-11(12)16-3/h4-6,9,15H,1,7H2,2-3H3. The van der Waals surface area contributed by atoms with Crippen LogP contribution in [0.2, 0.25) is 0 Å². The Labute approximate surface area is 104 Å². The van der Waals surface area contributed by atoms with Gasteiger partial charge in [0.15, 0.2) is 0 Å². The van der Waals surface area contributed by atoms with E-state index in [1.54, 1.807) is 12.1 Å². The molecule has 2 nitrogen and oxygen atoms in total. The fraction of sp³-hybridized carbons (Fsp3) is 0.333. The highest BCUT2D eigenvalue weighted by Crippen LogP contribution is 2.27. The minimum Gasteiger partial charge on any atom is -0.496 e. The van der Waals surface area contributed by atoms with Crippen LogP contribution in [0, 0.1) is 5.82 Å². The van der Waals surface area contributed by atoms with Gasteiger partial charge in [-0.1, -0.05) is 28.6 Å². The molecule has 0 aliphatic heterocycles. The summed E-state index contributed by atoms with van der Waals surface area (Å²) in [6, 6.07) is 4.68. The molecule has 0 aliphatic carbocycles. The van der Waals surface area contributed by atoms with Gasteiger partial charge in [-0.05, 0) is 19.1 Å². The molecule has 1 N–H and O–H groups in total. The molecule has 0 amide bonds. The Morgan fingerprint density at radius 3 is 2.88 bits per heavy atom. The zero-order valence-corrected chi connectivity index (χ0v) is 11.0. The molecule has 0 aliphatic rings. The SMILES string of the molecule is C=C(Br)CNC(C)c1c(F)cccc1OC. The van der Waals surface area contributed by atoms with Gasteiger partial charge in [-0.2, -0.15) is 0 Å². The monoisotopic (exact) mass is 287 g/mol. The van der Waals surface area contributed by atoms with E-state index < -0.39 is 0 Å². The maximum Gasteiger partial charge on any atom is 0.131 e. The van der Waals surface area contributed by atoms with E-state index in [1.807, 2.05) is 6.92 Å². The fourth-order valence-corrected chi connectivity index (χ4v) is 1.64. The predicted molar refractivity (Wildman–Crippen MR) is 67.4 cm³/mol. The molecule has 0 saturated heterocycles. The molecule has 0 bridgehead atoms. The summed E-state index contributed by atoms with van der Waals surface area (Å²) in [5.74, 6) is 0.291. The molecule has 88 valence electrons. The first-order valence-electron chi connectivity index (χ1n) is 4.95. The van der Waals surface area contributed by atoms with Gasteiger partial charge in [0.2, 0.25) is 0 Å². The molecular weight excluding hydrogens is 273 g/mol. The first-order valence-corrected chi connectivity index (χ1v) is 5.74. The summed E-state index contributed by atoms with van der Waals surface area (Å²) < 4.78 is 19.6. The molecule has 1 aromatic carbocycles. The van der Waals surface area contributed by atoms with E-state index in [0.717, 1.165) is 4.48 Å². The molecular formula is C12H15BrFNO. The van der Waals surface area contributed by atoms with Crippen molar-refractivity contribution in [3.63, 3.8) is 0 Å². The molecule has 1 atom stereocenters. The van der Waals surface area contributed by atoms with Crippen molar-refractivity contribution in [3.8, 4) is 5.75 Å². The summed E-state index contributed by atoms with van der Waals surface area (Å²) in [5.41, 5.74) is 0.541. The Hall–Kier alpha value is -0.870. The first kappa shape index (κ1) is 13.2. The average Bonchev–Trinajstić information content (AvgIpc) is 2.25. The highest BCUT2D eigenvalue weighted by atomic mass is 79.9. The average molecular weight is 288 g/mol. The number of halogens is 2. The van der Waals surface area contributed by atoms with Gasteiger partial charge in [0, 0.05) is 22.6 Å². The number of ether oxygens (including phenoxy) is 1. The molecule has 1 unspecified atom stereocenters. The van der Waals surface area contributed by atoms with Crippen molar-refractivity contribution in [1.29, 1.82) is 0 Å². The Morgan fingerprint density at radius 2 is 2.31 bits per heavy atom. The van der Waals surface area contributed by atoms with Crippen molar-refractivity contribution in [1.82, 2.24) is 5.32 Å². The van der Waals surface area contributed by atoms with Gasteiger partial charge in [-0.3, -0.25) is 0 Å². The van der Waals surface area contributed by atoms with E-state index in [9.17, 15) is 4.39 Å². The number of nitrogens with one attached hydrogen (secondary N) is 1. The number of hydrogen-bond acceptors (Lipinski definition) is 2. The molecule has 0 saturated carbocycles. The zero-order valence-electron chi connectivity index (χ0n) is 9.39. The van der Waals surface area contributed by atoms with E-state index in [0.29, 0.717) is 17.9 Å². The Morgan fingerprint density at radius 1 is 1.62 bits per heavy atom. The first-order chi connectivity index (χ1) is 7.56. The molecule has 0 aromatic heterocycles. The van der Waals surface area contributed by atoms with Crippen LogP contribution < -0.4 is 10.1 Å². The van der Waals surface area contributed by atoms with E-state index >= 15 is 0 Å². The Kier molecular flexibility index (Phi) is 4.96. The third-order valence-corrected chi connectivity index (χ3v) is 2.55. The van der Waals surface area contributed by atoms with Gasteiger partial charge < -0.3 is 10.1 Å². The Bertz CT molecular complexity index is 381. The molecule has 16 heavy (non-hydrogen) atoms. The van der Waals surface area contributed by atoms with Crippen LogP contribution >= 0.6 is 15.9 Å². The zero-order chi connectivity index (χ0) is 12.1. The summed E-state index contributed by atoms with van der Waals surface area (Å²) in [6.07, 6.45) is 0. The summed E-state index contributed by atoms with van der Waals surface area (Å²) >= 11 is 3.25. The summed E-state index contributed by atoms with van der Waals surface area (Å²) in [4.78, 5) is 0. The maximum absolute atomic E-state index is 13.7. The van der Waals surface area contributed by atoms with Crippen molar-refractivity contribution in [2.75, 3.05) is 13.7 Å². The van der Waals surface area contributed by atoms with E-state index in [2.05, 4.69) is 27.8 Å². The summed E-state index contributed by atoms with van der Waals surface area (Å²) in [5, 5.41) is 3.15. The minimum absolute atomic E-state index is 0.134. The number of hydrogen-bond donors (Lipinski definition) is 1. The molecule has 0 spiro atoms. The van der Waals surface area contributed by atoms with Crippen molar-refractivity contribution in [2.24, 2.45) is 0 Å². The van der Waals surface area contributed by atoms with Crippen LogP contribution in [-0.2, 0) is 0 Å². The molecule has 0 heterocycles. The second-order valence-electron chi connectivity index (χ2n) is 3.48. The second kappa shape index (κ2) is 6.01. The van der Waals surface area contributed by atoms with Gasteiger partial charge in [0.1, 0.15) is 11.6 Å². The molecule has 1 rings (SSSR count). The maximum atomic E-state index is 13.7. The fourth-order valence-electron chi connectivity index (χ4n) is 1.48. The number of methoxy groups -OCH3 is 1. The normalized spacial score (nSPS) is 12.2. The lowest BCUT2D eigenvalue weighted by molar-refractivity contribution is 0.395. The van der Waals surface area contributed by atoms with Crippen molar-refractivity contribution >= 4 is 15.9 Å². The van der Waals surface area contributed by atoms with E-state index in [4.69, 9.17) is 4.74 Å². The van der Waals surface area contributed by atoms with Crippen molar-refractivity contribution in [2.45, 2.75) is 13.0 Å². The largest absolute Gasteiger partial charge is 0.496 e. The summed E-state index contributed by atoms with van der Waals surface area (Å²) in [6.45, 7) is 6.18. The van der Waals surface area contributed by atoms with Crippen molar-refractivity contribution in [3.05, 3.63) is 40.6 Å². The lowest BCUT2D eigenvalue weighted by atomic mass is 10.1. The van der Waals surface area contributed by atoms with Crippen LogP contribution in [0.3, 0.4) is 0 Å². The summed E-state index contributed by atoms with van der Waals surface area (Å²) in [7, 11) is 1.54. The van der Waals surface area contributed by atoms with Crippen LogP contribution in [0.15, 0.2) is 29.3 Å². The molecule has 0 fully saturated rings. The smallest absolute Gasteiger partial charge is 0.131 e. The lowest BCUT2D eigenvalue weighted by Gasteiger charge is -2.17. The highest BCUT2D eigenvalue weighted by molar-refractivity contribution is 9.11. The predicted octanol–water partition coefficient (Wildman–Crippen LogP) is 3.39. The number of rotatable bonds is 5. The third-order valence-electron chi connectivity index (χ3n) is 2.27. The van der Waals surface area contributed by atoms with E-state index in [1.165, 1.54) is 13.2 Å². The second-order valence-corrected chi connectivity index (χ2v) is 4.60. The lowest BCUT2D eigenvalue weighted by Crippen LogP contribution is -2.21. The van der Waals surface area contributed by atoms with Crippen LogP contribution in [-0.4, -0.2) is 13.7 Å². The molecule has 0 radical (unpaired) electrons. The van der Waals surface area contributed by atoms with Crippen LogP contribution in [0.5, 0.6) is 5.75 Å². The molecule has 1 aromatic rings. The number of benzene rings is 1. The quantitative estimate of drug-likeness (QED) is 0.896. The van der Waals surface area contributed by atoms with Crippen LogP contribution in [0.4, 0.5) is 4.39 Å². The highest BCUT2D eigenvalue weighted by Gasteiger charge is 2.15. The van der Waals surface area contributed by atoms with Crippen molar-refractivity contribution < 1.29 is 9.13 Å². The van der Waals surface area contributed by atoms with Crippen LogP contribution in [0.1, 0.15) is 18.5 Å². The van der Waals surface area contributed by atoms with Gasteiger partial charge in [0.05, 0.1) is 7.11 Å². The van der Waals surface area contributed by atoms with Gasteiger partial charge >= 0.3 is 0 Å². The molecule has 4 heteroatoms. The van der Waals surface area contributed by atoms with Gasteiger partial charge in [-0.25, -0.2) is 4.39 Å². The van der Waals surface area contributed by atoms with Gasteiger partial charge in [-0.15, -0.1) is 0 Å². The minimum atomic E-state index is -0.264. The third kappa shape index (κ3) is 3.32. The topological polar surface area (TPSA) is 21.3 Å². The van der Waals surface area contributed by atoms with E-state index in [-0.39, 0.29) is 11.9 Å². The van der Waals surface area contributed by atoms with Crippen LogP contribution in [0.25, 0.3) is 0 Å². The Balaban J connectivity index is 2.88. The van der Waals surface area contributed by atoms with Gasteiger partial charge in [0.25, 0.3) is 0 Å².